The lowest BCUT2D eigenvalue weighted by atomic mass is 9.74. The molecule has 2 nitrogen and oxygen atoms in total. The van der Waals surface area contributed by atoms with Crippen molar-refractivity contribution in [3.63, 3.8) is 0 Å². The van der Waals surface area contributed by atoms with Gasteiger partial charge >= 0.3 is 0 Å². The Morgan fingerprint density at radius 2 is 2.06 bits per heavy atom. The Morgan fingerprint density at radius 1 is 1.33 bits per heavy atom. The van der Waals surface area contributed by atoms with E-state index in [0.717, 1.165) is 16.6 Å². The number of rotatable bonds is 3. The van der Waals surface area contributed by atoms with Crippen LogP contribution < -0.4 is 11.1 Å². The molecule has 0 bridgehead atoms. The fourth-order valence-electron chi connectivity index (χ4n) is 3.06. The monoisotopic (exact) mass is 310 g/mol. The maximum Gasteiger partial charge on any atom is 0.0546 e. The molecule has 3 heteroatoms. The minimum absolute atomic E-state index is 0.0172. The van der Waals surface area contributed by atoms with Crippen molar-refractivity contribution in [2.75, 3.05) is 11.9 Å². The lowest BCUT2D eigenvalue weighted by Gasteiger charge is -2.42. The number of aryl methyl sites for hydroxylation is 1. The summed E-state index contributed by atoms with van der Waals surface area (Å²) in [6, 6.07) is 6.41. The van der Waals surface area contributed by atoms with E-state index in [0.29, 0.717) is 6.54 Å². The minimum Gasteiger partial charge on any atom is -0.377 e. The van der Waals surface area contributed by atoms with Crippen LogP contribution in [0.15, 0.2) is 22.7 Å². The van der Waals surface area contributed by atoms with E-state index in [2.05, 4.69) is 60.2 Å². The predicted molar refractivity (Wildman–Crippen MR) is 81.9 cm³/mol. The maximum absolute atomic E-state index is 6.10. The second-order valence-electron chi connectivity index (χ2n) is 6.13. The SMILES string of the molecule is Cc1ccc(Br)c(NC2(CN)CCCC2(C)C)c1. The van der Waals surface area contributed by atoms with E-state index in [4.69, 9.17) is 5.73 Å². The van der Waals surface area contributed by atoms with Crippen LogP contribution in [0.25, 0.3) is 0 Å². The van der Waals surface area contributed by atoms with E-state index in [1.165, 1.54) is 18.4 Å². The molecule has 0 aliphatic heterocycles. The largest absolute Gasteiger partial charge is 0.377 e. The highest BCUT2D eigenvalue weighted by atomic mass is 79.9. The standard InChI is InChI=1S/C15H23BrN2/c1-11-5-6-12(16)13(9-11)18-15(10-17)8-4-7-14(15,2)3/h5-6,9,18H,4,7-8,10,17H2,1-3H3. The third-order valence-corrected chi connectivity index (χ3v) is 5.24. The molecule has 1 aliphatic rings. The summed E-state index contributed by atoms with van der Waals surface area (Å²) in [5.41, 5.74) is 8.79. The first-order valence-corrected chi connectivity index (χ1v) is 7.44. The quantitative estimate of drug-likeness (QED) is 0.883. The summed E-state index contributed by atoms with van der Waals surface area (Å²) in [5.74, 6) is 0. The molecule has 0 aromatic heterocycles. The molecule has 0 radical (unpaired) electrons. The van der Waals surface area contributed by atoms with Gasteiger partial charge in [0.25, 0.3) is 0 Å². The molecule has 0 saturated heterocycles. The van der Waals surface area contributed by atoms with Crippen LogP contribution in [0.5, 0.6) is 0 Å². The molecule has 1 aromatic rings. The smallest absolute Gasteiger partial charge is 0.0546 e. The van der Waals surface area contributed by atoms with Gasteiger partial charge in [-0.05, 0) is 58.8 Å². The van der Waals surface area contributed by atoms with Crippen LogP contribution in [0, 0.1) is 12.3 Å². The molecular formula is C15H23BrN2. The molecule has 2 rings (SSSR count). The third kappa shape index (κ3) is 2.30. The number of halogens is 1. The van der Waals surface area contributed by atoms with Crippen molar-refractivity contribution >= 4 is 21.6 Å². The molecule has 0 spiro atoms. The Hall–Kier alpha value is -0.540. The number of nitrogens with two attached hydrogens (primary N) is 1. The number of hydrogen-bond acceptors (Lipinski definition) is 2. The van der Waals surface area contributed by atoms with Crippen molar-refractivity contribution in [3.8, 4) is 0 Å². The van der Waals surface area contributed by atoms with E-state index >= 15 is 0 Å². The molecule has 1 atom stereocenters. The van der Waals surface area contributed by atoms with Gasteiger partial charge in [-0.1, -0.05) is 26.3 Å². The first-order valence-electron chi connectivity index (χ1n) is 6.65. The molecule has 0 heterocycles. The average molecular weight is 311 g/mol. The summed E-state index contributed by atoms with van der Waals surface area (Å²) in [6.45, 7) is 7.44. The highest BCUT2D eigenvalue weighted by molar-refractivity contribution is 9.10. The Balaban J connectivity index is 2.34. The van der Waals surface area contributed by atoms with Crippen LogP contribution in [0.1, 0.15) is 38.7 Å². The van der Waals surface area contributed by atoms with Crippen LogP contribution in [0.4, 0.5) is 5.69 Å². The molecule has 18 heavy (non-hydrogen) atoms. The van der Waals surface area contributed by atoms with E-state index in [-0.39, 0.29) is 11.0 Å². The lowest BCUT2D eigenvalue weighted by molar-refractivity contribution is 0.239. The van der Waals surface area contributed by atoms with Gasteiger partial charge in [0.15, 0.2) is 0 Å². The molecule has 1 fully saturated rings. The van der Waals surface area contributed by atoms with Crippen LogP contribution in [0.3, 0.4) is 0 Å². The van der Waals surface area contributed by atoms with E-state index in [1.807, 2.05) is 0 Å². The predicted octanol–water partition coefficient (Wildman–Crippen LogP) is 4.08. The van der Waals surface area contributed by atoms with Gasteiger partial charge in [0, 0.05) is 16.7 Å². The Morgan fingerprint density at radius 3 is 2.61 bits per heavy atom. The van der Waals surface area contributed by atoms with Crippen LogP contribution in [0.2, 0.25) is 0 Å². The van der Waals surface area contributed by atoms with Gasteiger partial charge in [-0.15, -0.1) is 0 Å². The zero-order valence-electron chi connectivity index (χ0n) is 11.5. The fraction of sp³-hybridized carbons (Fsp3) is 0.600. The van der Waals surface area contributed by atoms with Crippen molar-refractivity contribution in [2.45, 2.75) is 45.6 Å². The van der Waals surface area contributed by atoms with Crippen LogP contribution in [-0.4, -0.2) is 12.1 Å². The maximum atomic E-state index is 6.10. The average Bonchev–Trinajstić information content (AvgIpc) is 2.60. The van der Waals surface area contributed by atoms with Crippen molar-refractivity contribution in [3.05, 3.63) is 28.2 Å². The van der Waals surface area contributed by atoms with Gasteiger partial charge in [0.2, 0.25) is 0 Å². The van der Waals surface area contributed by atoms with Gasteiger partial charge in [0.1, 0.15) is 0 Å². The van der Waals surface area contributed by atoms with E-state index in [9.17, 15) is 0 Å². The van der Waals surface area contributed by atoms with E-state index in [1.54, 1.807) is 0 Å². The molecule has 1 saturated carbocycles. The second-order valence-corrected chi connectivity index (χ2v) is 6.99. The normalized spacial score (nSPS) is 26.3. The van der Waals surface area contributed by atoms with Crippen molar-refractivity contribution in [1.29, 1.82) is 0 Å². The minimum atomic E-state index is 0.0172. The first-order chi connectivity index (χ1) is 8.40. The Kier molecular flexibility index (Phi) is 3.75. The van der Waals surface area contributed by atoms with Crippen molar-refractivity contribution in [2.24, 2.45) is 11.1 Å². The fourth-order valence-corrected chi connectivity index (χ4v) is 3.41. The molecular weight excluding hydrogens is 288 g/mol. The lowest BCUT2D eigenvalue weighted by Crippen LogP contribution is -2.53. The Bertz CT molecular complexity index is 442. The number of anilines is 1. The Labute approximate surface area is 118 Å². The third-order valence-electron chi connectivity index (χ3n) is 4.55. The summed E-state index contributed by atoms with van der Waals surface area (Å²) in [5, 5.41) is 3.73. The van der Waals surface area contributed by atoms with Gasteiger partial charge in [-0.2, -0.15) is 0 Å². The zero-order chi connectivity index (χ0) is 13.4. The van der Waals surface area contributed by atoms with Crippen LogP contribution >= 0.6 is 15.9 Å². The molecule has 100 valence electrons. The summed E-state index contributed by atoms with van der Waals surface area (Å²) < 4.78 is 1.11. The molecule has 1 aromatic carbocycles. The first kappa shape index (κ1) is 13.9. The molecule has 1 aliphatic carbocycles. The highest BCUT2D eigenvalue weighted by Crippen LogP contribution is 2.47. The number of nitrogens with one attached hydrogen (secondary N) is 1. The second kappa shape index (κ2) is 4.86. The number of benzene rings is 1. The topological polar surface area (TPSA) is 38.0 Å². The van der Waals surface area contributed by atoms with Gasteiger partial charge in [0.05, 0.1) is 5.54 Å². The zero-order valence-corrected chi connectivity index (χ0v) is 13.1. The van der Waals surface area contributed by atoms with Crippen molar-refractivity contribution < 1.29 is 0 Å². The summed E-state index contributed by atoms with van der Waals surface area (Å²) in [7, 11) is 0. The van der Waals surface area contributed by atoms with E-state index < -0.39 is 0 Å². The highest BCUT2D eigenvalue weighted by Gasteiger charge is 2.47. The summed E-state index contributed by atoms with van der Waals surface area (Å²) in [6.07, 6.45) is 3.64. The molecule has 1 unspecified atom stereocenters. The van der Waals surface area contributed by atoms with Gasteiger partial charge < -0.3 is 11.1 Å². The van der Waals surface area contributed by atoms with Gasteiger partial charge in [-0.25, -0.2) is 0 Å². The molecule has 3 N–H and O–H groups in total. The summed E-state index contributed by atoms with van der Waals surface area (Å²) in [4.78, 5) is 0. The van der Waals surface area contributed by atoms with Gasteiger partial charge in [-0.3, -0.25) is 0 Å². The van der Waals surface area contributed by atoms with Crippen LogP contribution in [-0.2, 0) is 0 Å². The molecule has 0 amide bonds. The summed E-state index contributed by atoms with van der Waals surface area (Å²) >= 11 is 3.63. The number of hydrogen-bond donors (Lipinski definition) is 2. The van der Waals surface area contributed by atoms with Crippen molar-refractivity contribution in [1.82, 2.24) is 0 Å².